The number of carbonyl (C=O) groups is 4. The Morgan fingerprint density at radius 2 is 1.66 bits per heavy atom. The first-order chi connectivity index (χ1) is 18.3. The maximum absolute atomic E-state index is 13.8. The SMILES string of the molecule is CCOc1ccc(N2C(=O)[C@H]3[C@@H](C2=O)N(C(=O)c2cccc(Br)c2)N[C@H]3c2ccc(C(=O)OC)cc2)cc1. The number of imide groups is 1. The molecule has 0 radical (unpaired) electrons. The van der Waals surface area contributed by atoms with Crippen LogP contribution in [0.3, 0.4) is 0 Å². The maximum Gasteiger partial charge on any atom is 0.337 e. The van der Waals surface area contributed by atoms with Gasteiger partial charge >= 0.3 is 5.97 Å². The van der Waals surface area contributed by atoms with Crippen molar-refractivity contribution in [2.24, 2.45) is 5.92 Å². The molecule has 2 aliphatic rings. The van der Waals surface area contributed by atoms with Crippen LogP contribution in [0.2, 0.25) is 0 Å². The quantitative estimate of drug-likeness (QED) is 0.350. The highest BCUT2D eigenvalue weighted by Gasteiger charge is 2.60. The number of anilines is 1. The fourth-order valence-electron chi connectivity index (χ4n) is 4.87. The fourth-order valence-corrected chi connectivity index (χ4v) is 5.27. The van der Waals surface area contributed by atoms with E-state index < -0.39 is 41.7 Å². The first-order valence-corrected chi connectivity index (χ1v) is 12.8. The van der Waals surface area contributed by atoms with Crippen LogP contribution >= 0.6 is 15.9 Å². The van der Waals surface area contributed by atoms with Gasteiger partial charge in [0.25, 0.3) is 11.8 Å². The van der Waals surface area contributed by atoms with Crippen LogP contribution in [0, 0.1) is 5.92 Å². The molecule has 2 aliphatic heterocycles. The Morgan fingerprint density at radius 3 is 2.29 bits per heavy atom. The topological polar surface area (TPSA) is 105 Å². The lowest BCUT2D eigenvalue weighted by Crippen LogP contribution is -2.48. The molecule has 9 nitrogen and oxygen atoms in total. The molecule has 0 aromatic heterocycles. The fraction of sp³-hybridized carbons (Fsp3) is 0.214. The molecule has 3 aromatic carbocycles. The molecule has 5 rings (SSSR count). The number of halogens is 1. The number of fused-ring (bicyclic) bond motifs is 1. The van der Waals surface area contributed by atoms with Crippen molar-refractivity contribution in [3.63, 3.8) is 0 Å². The monoisotopic (exact) mass is 577 g/mol. The van der Waals surface area contributed by atoms with Gasteiger partial charge in [0, 0.05) is 10.0 Å². The van der Waals surface area contributed by atoms with Crippen LogP contribution in [0.1, 0.15) is 39.2 Å². The third kappa shape index (κ3) is 4.46. The number of carbonyl (C=O) groups excluding carboxylic acids is 4. The Labute approximate surface area is 227 Å². The maximum atomic E-state index is 13.8. The molecule has 38 heavy (non-hydrogen) atoms. The van der Waals surface area contributed by atoms with Gasteiger partial charge in [0.2, 0.25) is 5.91 Å². The summed E-state index contributed by atoms with van der Waals surface area (Å²) in [7, 11) is 1.29. The molecule has 0 saturated carbocycles. The highest BCUT2D eigenvalue weighted by molar-refractivity contribution is 9.10. The van der Waals surface area contributed by atoms with Crippen molar-refractivity contribution in [2.75, 3.05) is 18.6 Å². The van der Waals surface area contributed by atoms with Crippen LogP contribution in [0.4, 0.5) is 5.69 Å². The van der Waals surface area contributed by atoms with Gasteiger partial charge in [0.05, 0.1) is 36.9 Å². The van der Waals surface area contributed by atoms with Gasteiger partial charge in [-0.1, -0.05) is 34.1 Å². The molecular weight excluding hydrogens is 554 g/mol. The van der Waals surface area contributed by atoms with Crippen LogP contribution in [0.25, 0.3) is 0 Å². The van der Waals surface area contributed by atoms with E-state index in [-0.39, 0.29) is 0 Å². The number of benzene rings is 3. The van der Waals surface area contributed by atoms with Crippen molar-refractivity contribution >= 4 is 45.3 Å². The Morgan fingerprint density at radius 1 is 0.947 bits per heavy atom. The van der Waals surface area contributed by atoms with Gasteiger partial charge in [-0.15, -0.1) is 0 Å². The Kier molecular flexibility index (Phi) is 7.00. The van der Waals surface area contributed by atoms with Crippen molar-refractivity contribution < 1.29 is 28.7 Å². The number of hydrazine groups is 1. The number of hydrogen-bond donors (Lipinski definition) is 1. The van der Waals surface area contributed by atoms with Crippen LogP contribution in [0.15, 0.2) is 77.3 Å². The summed E-state index contributed by atoms with van der Waals surface area (Å²) in [5, 5.41) is 1.25. The molecule has 0 bridgehead atoms. The predicted molar refractivity (Wildman–Crippen MR) is 141 cm³/mol. The minimum Gasteiger partial charge on any atom is -0.494 e. The summed E-state index contributed by atoms with van der Waals surface area (Å²) < 4.78 is 11.0. The Balaban J connectivity index is 1.53. The molecule has 1 N–H and O–H groups in total. The molecule has 2 saturated heterocycles. The average molecular weight is 578 g/mol. The second-order valence-electron chi connectivity index (χ2n) is 8.82. The largest absolute Gasteiger partial charge is 0.494 e. The Hall–Kier alpha value is -4.02. The van der Waals surface area contributed by atoms with E-state index in [1.807, 2.05) is 6.92 Å². The van der Waals surface area contributed by atoms with Crippen LogP contribution in [-0.4, -0.2) is 48.5 Å². The van der Waals surface area contributed by atoms with Crippen molar-refractivity contribution in [3.05, 3.63) is 94.0 Å². The molecule has 0 unspecified atom stereocenters. The summed E-state index contributed by atoms with van der Waals surface area (Å²) in [5.41, 5.74) is 4.85. The van der Waals surface area contributed by atoms with Crippen LogP contribution in [0.5, 0.6) is 5.75 Å². The molecule has 3 aromatic rings. The number of ether oxygens (including phenoxy) is 2. The number of methoxy groups -OCH3 is 1. The highest BCUT2D eigenvalue weighted by Crippen LogP contribution is 2.42. The van der Waals surface area contributed by atoms with Crippen LogP contribution < -0.4 is 15.1 Å². The summed E-state index contributed by atoms with van der Waals surface area (Å²) >= 11 is 3.38. The average Bonchev–Trinajstić information content (AvgIpc) is 3.45. The molecule has 0 aliphatic carbocycles. The van der Waals surface area contributed by atoms with E-state index in [4.69, 9.17) is 9.47 Å². The lowest BCUT2D eigenvalue weighted by Gasteiger charge is -2.25. The number of hydrogen-bond acceptors (Lipinski definition) is 7. The first-order valence-electron chi connectivity index (χ1n) is 12.0. The van der Waals surface area contributed by atoms with Gasteiger partial charge in [0.15, 0.2) is 0 Å². The third-order valence-corrected chi connectivity index (χ3v) is 7.12. The van der Waals surface area contributed by atoms with Crippen molar-refractivity contribution in [2.45, 2.75) is 19.0 Å². The molecule has 0 spiro atoms. The number of amides is 3. The zero-order chi connectivity index (χ0) is 27.0. The zero-order valence-corrected chi connectivity index (χ0v) is 22.2. The predicted octanol–water partition coefficient (Wildman–Crippen LogP) is 3.89. The molecule has 2 fully saturated rings. The molecule has 194 valence electrons. The summed E-state index contributed by atoms with van der Waals surface area (Å²) in [5.74, 6) is -2.13. The minimum absolute atomic E-state index is 0.345. The van der Waals surface area contributed by atoms with Crippen molar-refractivity contribution in [1.82, 2.24) is 10.4 Å². The summed E-state index contributed by atoms with van der Waals surface area (Å²) in [6, 6.07) is 18.3. The smallest absolute Gasteiger partial charge is 0.337 e. The standard InChI is InChI=1S/C28H24BrN3O6/c1-3-38-21-13-11-20(12-14-21)31-26(34)22-23(16-7-9-17(10-8-16)28(36)37-2)30-32(24(22)27(31)35)25(33)18-5-4-6-19(29)15-18/h4-15,22-24,30H,3H2,1-2H3/t22-,23+,24+/m1/s1. The second kappa shape index (κ2) is 10.4. The number of nitrogens with zero attached hydrogens (tertiary/aromatic N) is 2. The minimum atomic E-state index is -1.06. The second-order valence-corrected chi connectivity index (χ2v) is 9.73. The van der Waals surface area contributed by atoms with Gasteiger partial charge in [-0.25, -0.2) is 15.1 Å². The van der Waals surface area contributed by atoms with Crippen molar-refractivity contribution in [3.8, 4) is 5.75 Å². The zero-order valence-electron chi connectivity index (χ0n) is 20.6. The number of esters is 1. The van der Waals surface area contributed by atoms with Gasteiger partial charge < -0.3 is 9.47 Å². The van der Waals surface area contributed by atoms with E-state index in [1.54, 1.807) is 72.8 Å². The van der Waals surface area contributed by atoms with Gasteiger partial charge in [-0.2, -0.15) is 0 Å². The summed E-state index contributed by atoms with van der Waals surface area (Å²) in [6.45, 7) is 2.35. The third-order valence-electron chi connectivity index (χ3n) is 6.62. The number of nitrogens with one attached hydrogen (secondary N) is 1. The van der Waals surface area contributed by atoms with E-state index in [0.717, 1.165) is 4.90 Å². The summed E-state index contributed by atoms with van der Waals surface area (Å²) in [4.78, 5) is 54.2. The highest BCUT2D eigenvalue weighted by atomic mass is 79.9. The van der Waals surface area contributed by atoms with Gasteiger partial charge in [-0.05, 0) is 67.1 Å². The van der Waals surface area contributed by atoms with E-state index in [0.29, 0.717) is 39.2 Å². The molecule has 2 heterocycles. The Bertz CT molecular complexity index is 1410. The van der Waals surface area contributed by atoms with E-state index in [2.05, 4.69) is 21.4 Å². The normalized spacial score (nSPS) is 20.4. The molecule has 10 heteroatoms. The number of rotatable bonds is 6. The lowest BCUT2D eigenvalue weighted by molar-refractivity contribution is -0.123. The van der Waals surface area contributed by atoms with Crippen LogP contribution in [-0.2, 0) is 14.3 Å². The summed E-state index contributed by atoms with van der Waals surface area (Å²) in [6.07, 6.45) is 0. The van der Waals surface area contributed by atoms with E-state index >= 15 is 0 Å². The lowest BCUT2D eigenvalue weighted by atomic mass is 9.90. The van der Waals surface area contributed by atoms with Gasteiger partial charge in [0.1, 0.15) is 11.8 Å². The van der Waals surface area contributed by atoms with E-state index in [9.17, 15) is 19.2 Å². The van der Waals surface area contributed by atoms with Crippen molar-refractivity contribution in [1.29, 1.82) is 0 Å². The van der Waals surface area contributed by atoms with Gasteiger partial charge in [-0.3, -0.25) is 19.4 Å². The molecule has 3 atom stereocenters. The van der Waals surface area contributed by atoms with E-state index in [1.165, 1.54) is 12.1 Å². The molecule has 3 amide bonds. The molecular formula is C28H24BrN3O6. The first kappa shape index (κ1) is 25.6.